The fraction of sp³-hybridized carbons (Fsp3) is 0. The van der Waals surface area contributed by atoms with E-state index in [1.807, 2.05) is 0 Å². The van der Waals surface area contributed by atoms with Crippen LogP contribution in [0.2, 0.25) is 5.15 Å². The largest absolute Gasteiger partial charge is 0.342 e. The molecule has 0 bridgehead atoms. The molecule has 0 fully saturated rings. The van der Waals surface area contributed by atoms with Crippen LogP contribution in [-0.4, -0.2) is 9.91 Å². The van der Waals surface area contributed by atoms with Crippen LogP contribution >= 0.6 is 27.5 Å². The smallest absolute Gasteiger partial charge is 0.258 e. The Labute approximate surface area is 79.6 Å². The van der Waals surface area contributed by atoms with Gasteiger partial charge in [0.25, 0.3) is 0 Å². The molecule has 1 aromatic heterocycles. The normalized spacial score (nSPS) is 9.92. The number of nitrogens with zero attached hydrogens (tertiary/aromatic N) is 2. The number of pyridine rings is 1. The van der Waals surface area contributed by atoms with E-state index in [2.05, 4.69) is 20.9 Å². The minimum atomic E-state index is -1.01. The van der Waals surface area contributed by atoms with Crippen LogP contribution in [0.15, 0.2) is 10.7 Å². The lowest BCUT2D eigenvalue weighted by Crippen LogP contribution is -1.96. The quantitative estimate of drug-likeness (QED) is 0.440. The molecule has 0 aromatic carbocycles. The van der Waals surface area contributed by atoms with Gasteiger partial charge in [-0.05, 0) is 15.9 Å². The Morgan fingerprint density at radius 3 is 2.75 bits per heavy atom. The molecule has 7 heteroatoms. The summed E-state index contributed by atoms with van der Waals surface area (Å²) in [5, 5.41) is 9.76. The Morgan fingerprint density at radius 1 is 1.75 bits per heavy atom. The first kappa shape index (κ1) is 9.34. The van der Waals surface area contributed by atoms with E-state index in [0.717, 1.165) is 6.20 Å². The minimum Gasteiger partial charge on any atom is -0.258 e. The van der Waals surface area contributed by atoms with Crippen molar-refractivity contribution in [2.45, 2.75) is 0 Å². The Kier molecular flexibility index (Phi) is 2.58. The molecule has 0 N–H and O–H groups in total. The van der Waals surface area contributed by atoms with Crippen molar-refractivity contribution in [3.63, 3.8) is 0 Å². The summed E-state index contributed by atoms with van der Waals surface area (Å²) in [5.41, 5.74) is -0.814. The van der Waals surface area contributed by atoms with Gasteiger partial charge in [-0.2, -0.15) is 4.39 Å². The van der Waals surface area contributed by atoms with Crippen molar-refractivity contribution >= 4 is 33.2 Å². The molecule has 0 radical (unpaired) electrons. The maximum Gasteiger partial charge on any atom is 0.342 e. The summed E-state index contributed by atoms with van der Waals surface area (Å²) in [6.45, 7) is 0. The second-order valence-electron chi connectivity index (χ2n) is 1.82. The summed E-state index contributed by atoms with van der Waals surface area (Å²) >= 11 is 8.03. The van der Waals surface area contributed by atoms with Gasteiger partial charge in [0.1, 0.15) is 0 Å². The third-order valence-electron chi connectivity index (χ3n) is 1.09. The molecular weight excluding hydrogens is 254 g/mol. The summed E-state index contributed by atoms with van der Waals surface area (Å²) in [5.74, 6) is -1.01. The summed E-state index contributed by atoms with van der Waals surface area (Å²) in [6, 6.07) is 0. The first-order chi connectivity index (χ1) is 5.54. The first-order valence-corrected chi connectivity index (χ1v) is 3.85. The molecule has 0 aliphatic carbocycles. The van der Waals surface area contributed by atoms with E-state index in [1.165, 1.54) is 0 Å². The van der Waals surface area contributed by atoms with Crippen LogP contribution in [0.3, 0.4) is 0 Å². The maximum atomic E-state index is 12.9. The van der Waals surface area contributed by atoms with E-state index in [0.29, 0.717) is 0 Å². The fourth-order valence-electron chi connectivity index (χ4n) is 0.590. The summed E-state index contributed by atoms with van der Waals surface area (Å²) < 4.78 is 12.8. The molecule has 0 aliphatic rings. The van der Waals surface area contributed by atoms with E-state index in [-0.39, 0.29) is 4.47 Å². The first-order valence-electron chi connectivity index (χ1n) is 2.68. The van der Waals surface area contributed by atoms with E-state index in [1.54, 1.807) is 0 Å². The highest BCUT2D eigenvalue weighted by Gasteiger charge is 2.22. The summed E-state index contributed by atoms with van der Waals surface area (Å²) in [6.07, 6.45) is 1.06. The molecular formula is C5HBrClFN2O2. The lowest BCUT2D eigenvalue weighted by molar-refractivity contribution is -0.387. The number of halogens is 3. The van der Waals surface area contributed by atoms with Gasteiger partial charge in [0.15, 0.2) is 0 Å². The highest BCUT2D eigenvalue weighted by atomic mass is 79.9. The van der Waals surface area contributed by atoms with Crippen molar-refractivity contribution in [2.75, 3.05) is 0 Å². The zero-order chi connectivity index (χ0) is 9.30. The van der Waals surface area contributed by atoms with E-state index in [4.69, 9.17) is 11.6 Å². The topological polar surface area (TPSA) is 56.0 Å². The average Bonchev–Trinajstić information content (AvgIpc) is 1.97. The zero-order valence-corrected chi connectivity index (χ0v) is 7.76. The second-order valence-corrected chi connectivity index (χ2v) is 3.03. The Bertz CT molecular complexity index is 346. The summed E-state index contributed by atoms with van der Waals surface area (Å²) in [4.78, 5) is 12.7. The number of nitro groups is 1. The SMILES string of the molecule is O=[N+]([O-])c1c(Cl)ncc(Br)c1F. The molecule has 0 atom stereocenters. The lowest BCUT2D eigenvalue weighted by Gasteiger charge is -1.96. The van der Waals surface area contributed by atoms with Crippen LogP contribution in [0.1, 0.15) is 0 Å². The molecule has 0 saturated heterocycles. The van der Waals surface area contributed by atoms with Crippen molar-refractivity contribution in [1.82, 2.24) is 4.98 Å². The van der Waals surface area contributed by atoms with Crippen LogP contribution in [0.5, 0.6) is 0 Å². The van der Waals surface area contributed by atoms with Gasteiger partial charge in [-0.25, -0.2) is 4.98 Å². The summed E-state index contributed by atoms with van der Waals surface area (Å²) in [7, 11) is 0. The number of rotatable bonds is 1. The molecule has 1 rings (SSSR count). The number of hydrogen-bond donors (Lipinski definition) is 0. The molecule has 1 aromatic rings. The molecule has 1 heterocycles. The molecule has 64 valence electrons. The molecule has 0 spiro atoms. The molecule has 4 nitrogen and oxygen atoms in total. The lowest BCUT2D eigenvalue weighted by atomic mass is 10.4. The predicted octanol–water partition coefficient (Wildman–Crippen LogP) is 2.54. The van der Waals surface area contributed by atoms with Crippen molar-refractivity contribution < 1.29 is 9.31 Å². The van der Waals surface area contributed by atoms with Crippen LogP contribution < -0.4 is 0 Å². The third kappa shape index (κ3) is 1.54. The molecule has 12 heavy (non-hydrogen) atoms. The van der Waals surface area contributed by atoms with Gasteiger partial charge in [-0.15, -0.1) is 0 Å². The minimum absolute atomic E-state index is 0.0846. The highest BCUT2D eigenvalue weighted by Crippen LogP contribution is 2.29. The Morgan fingerprint density at radius 2 is 2.33 bits per heavy atom. The maximum absolute atomic E-state index is 12.9. The van der Waals surface area contributed by atoms with Crippen LogP contribution in [0, 0.1) is 15.9 Å². The van der Waals surface area contributed by atoms with Gasteiger partial charge in [0.2, 0.25) is 11.0 Å². The highest BCUT2D eigenvalue weighted by molar-refractivity contribution is 9.10. The van der Waals surface area contributed by atoms with Crippen molar-refractivity contribution in [3.8, 4) is 0 Å². The standard InChI is InChI=1S/C5HBrClFN2O2/c6-2-1-9-5(7)4(3(2)8)10(11)12/h1H. The zero-order valence-electron chi connectivity index (χ0n) is 5.42. The van der Waals surface area contributed by atoms with Crippen LogP contribution in [0.4, 0.5) is 10.1 Å². The molecule has 0 saturated carbocycles. The molecule has 0 unspecified atom stereocenters. The Hall–Kier alpha value is -0.750. The second kappa shape index (κ2) is 3.32. The molecule has 0 amide bonds. The number of hydrogen-bond acceptors (Lipinski definition) is 3. The monoisotopic (exact) mass is 254 g/mol. The van der Waals surface area contributed by atoms with Crippen LogP contribution in [-0.2, 0) is 0 Å². The number of aromatic nitrogens is 1. The van der Waals surface area contributed by atoms with Gasteiger partial charge >= 0.3 is 5.69 Å². The third-order valence-corrected chi connectivity index (χ3v) is 1.92. The van der Waals surface area contributed by atoms with E-state index in [9.17, 15) is 14.5 Å². The van der Waals surface area contributed by atoms with Gasteiger partial charge in [-0.1, -0.05) is 11.6 Å². The molecule has 0 aliphatic heterocycles. The average molecular weight is 255 g/mol. The van der Waals surface area contributed by atoms with Crippen molar-refractivity contribution in [2.24, 2.45) is 0 Å². The fourth-order valence-corrected chi connectivity index (χ4v) is 1.08. The Balaban J connectivity index is 3.43. The van der Waals surface area contributed by atoms with Gasteiger partial charge in [-0.3, -0.25) is 10.1 Å². The van der Waals surface area contributed by atoms with E-state index < -0.39 is 21.6 Å². The van der Waals surface area contributed by atoms with Gasteiger partial charge in [0, 0.05) is 6.20 Å². The van der Waals surface area contributed by atoms with Crippen molar-refractivity contribution in [3.05, 3.63) is 31.8 Å². The van der Waals surface area contributed by atoms with Crippen molar-refractivity contribution in [1.29, 1.82) is 0 Å². The van der Waals surface area contributed by atoms with Crippen LogP contribution in [0.25, 0.3) is 0 Å². The van der Waals surface area contributed by atoms with Gasteiger partial charge < -0.3 is 0 Å². The van der Waals surface area contributed by atoms with Gasteiger partial charge in [0.05, 0.1) is 9.40 Å². The van der Waals surface area contributed by atoms with E-state index >= 15 is 0 Å². The predicted molar refractivity (Wildman–Crippen MR) is 43.6 cm³/mol.